The van der Waals surface area contributed by atoms with Gasteiger partial charge in [-0.25, -0.2) is 4.98 Å². The smallest absolute Gasteiger partial charge is 0.131 e. The van der Waals surface area contributed by atoms with Crippen molar-refractivity contribution >= 4 is 5.82 Å². The van der Waals surface area contributed by atoms with Gasteiger partial charge in [0.05, 0.1) is 0 Å². The van der Waals surface area contributed by atoms with Crippen molar-refractivity contribution in [3.05, 3.63) is 23.4 Å². The predicted octanol–water partition coefficient (Wildman–Crippen LogP) is 2.58. The zero-order chi connectivity index (χ0) is 10.0. The van der Waals surface area contributed by atoms with Crippen molar-refractivity contribution in [2.75, 3.05) is 19.0 Å². The minimum absolute atomic E-state index is 0.571. The molecule has 72 valence electrons. The van der Waals surface area contributed by atoms with Crippen LogP contribution in [0.4, 0.5) is 5.82 Å². The Hall–Kier alpha value is -1.05. The summed E-state index contributed by atoms with van der Waals surface area (Å²) in [5.41, 5.74) is 2.68. The molecule has 1 heterocycles. The van der Waals surface area contributed by atoms with Crippen LogP contribution in [0.3, 0.4) is 0 Å². The van der Waals surface area contributed by atoms with Gasteiger partial charge in [-0.05, 0) is 30.0 Å². The highest BCUT2D eigenvalue weighted by molar-refractivity contribution is 5.49. The normalized spacial score (nSPS) is 10.6. The number of nitrogens with zero attached hydrogens (tertiary/aromatic N) is 2. The summed E-state index contributed by atoms with van der Waals surface area (Å²) >= 11 is 0. The third-order valence-corrected chi connectivity index (χ3v) is 2.26. The Balaban J connectivity index is 3.18. The van der Waals surface area contributed by atoms with Crippen LogP contribution in [-0.2, 0) is 0 Å². The molecule has 13 heavy (non-hydrogen) atoms. The summed E-state index contributed by atoms with van der Waals surface area (Å²) in [6.07, 6.45) is 1.89. The SMILES string of the molecule is Cc1c(C(C)C)ccnc1N(C)C. The first-order chi connectivity index (χ1) is 6.04. The van der Waals surface area contributed by atoms with Crippen molar-refractivity contribution in [2.24, 2.45) is 0 Å². The van der Waals surface area contributed by atoms with Crippen LogP contribution in [0.2, 0.25) is 0 Å². The van der Waals surface area contributed by atoms with Gasteiger partial charge in [0.25, 0.3) is 0 Å². The molecule has 1 aromatic heterocycles. The summed E-state index contributed by atoms with van der Waals surface area (Å²) < 4.78 is 0. The zero-order valence-electron chi connectivity index (χ0n) is 9.13. The van der Waals surface area contributed by atoms with Crippen molar-refractivity contribution in [1.29, 1.82) is 0 Å². The molecule has 2 nitrogen and oxygen atoms in total. The van der Waals surface area contributed by atoms with Gasteiger partial charge in [-0.15, -0.1) is 0 Å². The van der Waals surface area contributed by atoms with Crippen molar-refractivity contribution in [2.45, 2.75) is 26.7 Å². The summed E-state index contributed by atoms with van der Waals surface area (Å²) in [6.45, 7) is 6.56. The van der Waals surface area contributed by atoms with E-state index in [-0.39, 0.29) is 0 Å². The molecule has 0 amide bonds. The number of hydrogen-bond donors (Lipinski definition) is 0. The molecule has 1 aromatic rings. The fourth-order valence-corrected chi connectivity index (χ4v) is 1.62. The molecular weight excluding hydrogens is 160 g/mol. The van der Waals surface area contributed by atoms with Crippen LogP contribution in [-0.4, -0.2) is 19.1 Å². The number of rotatable bonds is 2. The Morgan fingerprint density at radius 3 is 2.38 bits per heavy atom. The predicted molar refractivity (Wildman–Crippen MR) is 57.4 cm³/mol. The van der Waals surface area contributed by atoms with E-state index in [1.807, 2.05) is 20.3 Å². The molecule has 0 N–H and O–H groups in total. The quantitative estimate of drug-likeness (QED) is 0.692. The topological polar surface area (TPSA) is 16.1 Å². The summed E-state index contributed by atoms with van der Waals surface area (Å²) in [5.74, 6) is 1.65. The van der Waals surface area contributed by atoms with Crippen LogP contribution in [0.5, 0.6) is 0 Å². The second-order valence-corrected chi connectivity index (χ2v) is 3.90. The first kappa shape index (κ1) is 10.0. The molecule has 0 saturated heterocycles. The van der Waals surface area contributed by atoms with Crippen molar-refractivity contribution in [3.63, 3.8) is 0 Å². The average molecular weight is 178 g/mol. The van der Waals surface area contributed by atoms with Gasteiger partial charge in [0, 0.05) is 20.3 Å². The van der Waals surface area contributed by atoms with E-state index >= 15 is 0 Å². The number of pyridine rings is 1. The highest BCUT2D eigenvalue weighted by Gasteiger charge is 2.08. The second-order valence-electron chi connectivity index (χ2n) is 3.90. The lowest BCUT2D eigenvalue weighted by Gasteiger charge is -2.18. The Morgan fingerprint density at radius 2 is 1.92 bits per heavy atom. The summed E-state index contributed by atoms with van der Waals surface area (Å²) in [4.78, 5) is 6.40. The molecule has 1 rings (SSSR count). The molecule has 0 radical (unpaired) electrons. The first-order valence-electron chi connectivity index (χ1n) is 4.67. The minimum Gasteiger partial charge on any atom is -0.363 e. The summed E-state index contributed by atoms with van der Waals surface area (Å²) in [5, 5.41) is 0. The Labute approximate surface area is 80.6 Å². The molecule has 0 aromatic carbocycles. The monoisotopic (exact) mass is 178 g/mol. The maximum atomic E-state index is 4.35. The van der Waals surface area contributed by atoms with E-state index in [1.54, 1.807) is 0 Å². The van der Waals surface area contributed by atoms with Gasteiger partial charge >= 0.3 is 0 Å². The molecule has 0 aliphatic carbocycles. The number of anilines is 1. The molecule has 0 spiro atoms. The molecule has 0 unspecified atom stereocenters. The van der Waals surface area contributed by atoms with Gasteiger partial charge < -0.3 is 4.90 Å². The van der Waals surface area contributed by atoms with Crippen molar-refractivity contribution in [1.82, 2.24) is 4.98 Å². The lowest BCUT2D eigenvalue weighted by Crippen LogP contribution is -2.13. The van der Waals surface area contributed by atoms with Gasteiger partial charge in [0.1, 0.15) is 5.82 Å². The van der Waals surface area contributed by atoms with Crippen LogP contribution in [0.15, 0.2) is 12.3 Å². The molecule has 2 heteroatoms. The Kier molecular flexibility index (Phi) is 2.91. The third-order valence-electron chi connectivity index (χ3n) is 2.26. The van der Waals surface area contributed by atoms with Crippen LogP contribution >= 0.6 is 0 Å². The van der Waals surface area contributed by atoms with Crippen LogP contribution in [0.1, 0.15) is 30.9 Å². The van der Waals surface area contributed by atoms with Gasteiger partial charge in [0.2, 0.25) is 0 Å². The Morgan fingerprint density at radius 1 is 1.31 bits per heavy atom. The van der Waals surface area contributed by atoms with Crippen molar-refractivity contribution < 1.29 is 0 Å². The maximum Gasteiger partial charge on any atom is 0.131 e. The number of aromatic nitrogens is 1. The van der Waals surface area contributed by atoms with E-state index in [1.165, 1.54) is 11.1 Å². The van der Waals surface area contributed by atoms with Gasteiger partial charge in [-0.2, -0.15) is 0 Å². The maximum absolute atomic E-state index is 4.35. The van der Waals surface area contributed by atoms with E-state index in [9.17, 15) is 0 Å². The Bertz CT molecular complexity index is 264. The number of hydrogen-bond acceptors (Lipinski definition) is 2. The molecule has 0 atom stereocenters. The van der Waals surface area contributed by atoms with E-state index in [4.69, 9.17) is 0 Å². The van der Waals surface area contributed by atoms with Gasteiger partial charge in [-0.3, -0.25) is 0 Å². The zero-order valence-corrected chi connectivity index (χ0v) is 9.13. The first-order valence-corrected chi connectivity index (χ1v) is 4.67. The second kappa shape index (κ2) is 3.77. The lowest BCUT2D eigenvalue weighted by molar-refractivity contribution is 0.848. The fourth-order valence-electron chi connectivity index (χ4n) is 1.62. The van der Waals surface area contributed by atoms with Crippen LogP contribution in [0, 0.1) is 6.92 Å². The largest absolute Gasteiger partial charge is 0.363 e. The minimum atomic E-state index is 0.571. The van der Waals surface area contributed by atoms with Crippen LogP contribution < -0.4 is 4.90 Å². The lowest BCUT2D eigenvalue weighted by atomic mass is 9.99. The average Bonchev–Trinajstić information content (AvgIpc) is 2.03. The molecular formula is C11H18N2. The van der Waals surface area contributed by atoms with Crippen LogP contribution in [0.25, 0.3) is 0 Å². The summed E-state index contributed by atoms with van der Waals surface area (Å²) in [7, 11) is 4.05. The highest BCUT2D eigenvalue weighted by atomic mass is 15.1. The molecule has 0 fully saturated rings. The highest BCUT2D eigenvalue weighted by Crippen LogP contribution is 2.24. The molecule has 0 saturated carbocycles. The fraction of sp³-hybridized carbons (Fsp3) is 0.545. The molecule has 0 bridgehead atoms. The van der Waals surface area contributed by atoms with E-state index in [0.29, 0.717) is 5.92 Å². The van der Waals surface area contributed by atoms with E-state index in [0.717, 1.165) is 5.82 Å². The van der Waals surface area contributed by atoms with Crippen molar-refractivity contribution in [3.8, 4) is 0 Å². The van der Waals surface area contributed by atoms with E-state index in [2.05, 4.69) is 36.7 Å². The van der Waals surface area contributed by atoms with Gasteiger partial charge in [-0.1, -0.05) is 13.8 Å². The molecule has 0 aliphatic heterocycles. The third kappa shape index (κ3) is 2.00. The molecule has 0 aliphatic rings. The van der Waals surface area contributed by atoms with Gasteiger partial charge in [0.15, 0.2) is 0 Å². The van der Waals surface area contributed by atoms with E-state index < -0.39 is 0 Å². The summed E-state index contributed by atoms with van der Waals surface area (Å²) in [6, 6.07) is 2.10. The standard InChI is InChI=1S/C11H18N2/c1-8(2)10-6-7-12-11(9(10)3)13(4)5/h6-8H,1-5H3.